The zero-order chi connectivity index (χ0) is 10.8. The van der Waals surface area contributed by atoms with Crippen molar-refractivity contribution in [3.8, 4) is 0 Å². The van der Waals surface area contributed by atoms with E-state index in [2.05, 4.69) is 20.1 Å². The second kappa shape index (κ2) is 3.56. The Kier molecular flexibility index (Phi) is 2.24. The Bertz CT molecular complexity index is 472. The minimum Gasteiger partial charge on any atom is -0.363 e. The number of nitrogens with one attached hydrogen (secondary N) is 1. The molecule has 1 N–H and O–H groups in total. The van der Waals surface area contributed by atoms with Crippen LogP contribution in [0.15, 0.2) is 23.0 Å². The molecule has 0 radical (unpaired) electrons. The van der Waals surface area contributed by atoms with Crippen molar-refractivity contribution in [1.82, 2.24) is 14.9 Å². The smallest absolute Gasteiger partial charge is 0.260 e. The third-order valence-corrected chi connectivity index (χ3v) is 1.94. The third-order valence-electron chi connectivity index (χ3n) is 1.94. The van der Waals surface area contributed by atoms with Gasteiger partial charge in [-0.25, -0.2) is 0 Å². The van der Waals surface area contributed by atoms with Crippen LogP contribution in [0.5, 0.6) is 0 Å². The first-order chi connectivity index (χ1) is 7.16. The molecule has 6 heteroatoms. The molecular weight excluding hydrogens is 196 g/mol. The molecule has 2 aromatic rings. The Morgan fingerprint density at radius 3 is 2.93 bits per heavy atom. The van der Waals surface area contributed by atoms with E-state index >= 15 is 0 Å². The van der Waals surface area contributed by atoms with E-state index in [1.54, 1.807) is 30.9 Å². The van der Waals surface area contributed by atoms with Crippen LogP contribution in [0.25, 0.3) is 0 Å². The van der Waals surface area contributed by atoms with Gasteiger partial charge in [0, 0.05) is 19.3 Å². The maximum absolute atomic E-state index is 11.7. The SMILES string of the molecule is Cc1nn(C)cc1C(=O)Nc1ccon1. The van der Waals surface area contributed by atoms with Crippen LogP contribution < -0.4 is 5.32 Å². The Balaban J connectivity index is 2.18. The van der Waals surface area contributed by atoms with E-state index in [1.807, 2.05) is 0 Å². The number of rotatable bonds is 2. The molecule has 0 unspecified atom stereocenters. The summed E-state index contributed by atoms with van der Waals surface area (Å²) >= 11 is 0. The van der Waals surface area contributed by atoms with Gasteiger partial charge in [-0.1, -0.05) is 5.16 Å². The van der Waals surface area contributed by atoms with Crippen molar-refractivity contribution in [3.05, 3.63) is 29.8 Å². The molecule has 0 bridgehead atoms. The molecule has 0 saturated heterocycles. The molecule has 0 aliphatic carbocycles. The lowest BCUT2D eigenvalue weighted by Gasteiger charge is -1.97. The molecule has 0 aromatic carbocycles. The van der Waals surface area contributed by atoms with Gasteiger partial charge in [-0.3, -0.25) is 9.48 Å². The Hall–Kier alpha value is -2.11. The third kappa shape index (κ3) is 1.88. The van der Waals surface area contributed by atoms with Gasteiger partial charge in [0.05, 0.1) is 11.3 Å². The zero-order valence-corrected chi connectivity index (χ0v) is 8.39. The summed E-state index contributed by atoms with van der Waals surface area (Å²) < 4.78 is 6.19. The Labute approximate surface area is 85.9 Å². The predicted octanol–water partition coefficient (Wildman–Crippen LogP) is 0.969. The molecule has 2 rings (SSSR count). The first kappa shape index (κ1) is 9.45. The van der Waals surface area contributed by atoms with Gasteiger partial charge in [0.15, 0.2) is 5.82 Å². The van der Waals surface area contributed by atoms with Crippen LogP contribution in [-0.4, -0.2) is 20.8 Å². The van der Waals surface area contributed by atoms with Gasteiger partial charge in [0.2, 0.25) is 0 Å². The first-order valence-corrected chi connectivity index (χ1v) is 4.39. The van der Waals surface area contributed by atoms with Crippen molar-refractivity contribution in [2.24, 2.45) is 7.05 Å². The number of carbonyl (C=O) groups is 1. The summed E-state index contributed by atoms with van der Waals surface area (Å²) in [5.74, 6) is 0.151. The molecule has 0 aliphatic rings. The Morgan fingerprint density at radius 2 is 2.40 bits per heavy atom. The van der Waals surface area contributed by atoms with E-state index in [0.717, 1.165) is 0 Å². The largest absolute Gasteiger partial charge is 0.363 e. The number of anilines is 1. The lowest BCUT2D eigenvalue weighted by Crippen LogP contribution is -2.12. The van der Waals surface area contributed by atoms with Crippen LogP contribution in [0.1, 0.15) is 16.1 Å². The number of carbonyl (C=O) groups excluding carboxylic acids is 1. The molecule has 0 aliphatic heterocycles. The second-order valence-electron chi connectivity index (χ2n) is 3.14. The standard InChI is InChI=1S/C9H10N4O2/c1-6-7(5-13(2)11-6)9(14)10-8-3-4-15-12-8/h3-5H,1-2H3,(H,10,12,14). The highest BCUT2D eigenvalue weighted by atomic mass is 16.5. The number of nitrogens with zero attached hydrogens (tertiary/aromatic N) is 3. The average molecular weight is 206 g/mol. The molecule has 78 valence electrons. The highest BCUT2D eigenvalue weighted by molar-refractivity contribution is 6.04. The van der Waals surface area contributed by atoms with E-state index in [-0.39, 0.29) is 5.91 Å². The van der Waals surface area contributed by atoms with Crippen molar-refractivity contribution in [3.63, 3.8) is 0 Å². The summed E-state index contributed by atoms with van der Waals surface area (Å²) in [7, 11) is 1.76. The minimum atomic E-state index is -0.241. The fourth-order valence-corrected chi connectivity index (χ4v) is 1.28. The molecule has 0 atom stereocenters. The van der Waals surface area contributed by atoms with E-state index in [4.69, 9.17) is 0 Å². The molecule has 6 nitrogen and oxygen atoms in total. The highest BCUT2D eigenvalue weighted by Crippen LogP contribution is 2.08. The molecule has 2 heterocycles. The minimum absolute atomic E-state index is 0.241. The summed E-state index contributed by atoms with van der Waals surface area (Å²) in [6, 6.07) is 1.57. The number of aryl methyl sites for hydroxylation is 2. The maximum atomic E-state index is 11.7. The number of hydrogen-bond donors (Lipinski definition) is 1. The number of amides is 1. The number of aromatic nitrogens is 3. The monoisotopic (exact) mass is 206 g/mol. The Morgan fingerprint density at radius 1 is 1.60 bits per heavy atom. The van der Waals surface area contributed by atoms with Crippen molar-refractivity contribution in [2.75, 3.05) is 5.32 Å². The van der Waals surface area contributed by atoms with Crippen molar-refractivity contribution in [1.29, 1.82) is 0 Å². The first-order valence-electron chi connectivity index (χ1n) is 4.39. The molecule has 0 fully saturated rings. The fraction of sp³-hybridized carbons (Fsp3) is 0.222. The van der Waals surface area contributed by atoms with Crippen molar-refractivity contribution in [2.45, 2.75) is 6.92 Å². The van der Waals surface area contributed by atoms with E-state index in [9.17, 15) is 4.79 Å². The van der Waals surface area contributed by atoms with E-state index in [1.165, 1.54) is 6.26 Å². The molecule has 0 spiro atoms. The van der Waals surface area contributed by atoms with Crippen molar-refractivity contribution < 1.29 is 9.32 Å². The lowest BCUT2D eigenvalue weighted by atomic mass is 10.2. The van der Waals surface area contributed by atoms with Gasteiger partial charge in [0.25, 0.3) is 5.91 Å². The topological polar surface area (TPSA) is 73.0 Å². The van der Waals surface area contributed by atoms with Crippen LogP contribution in [-0.2, 0) is 7.05 Å². The van der Waals surface area contributed by atoms with Gasteiger partial charge in [0.1, 0.15) is 6.26 Å². The summed E-state index contributed by atoms with van der Waals surface area (Å²) in [5, 5.41) is 10.3. The summed E-state index contributed by atoms with van der Waals surface area (Å²) in [5.41, 5.74) is 1.21. The van der Waals surface area contributed by atoms with E-state index in [0.29, 0.717) is 17.1 Å². The summed E-state index contributed by atoms with van der Waals surface area (Å²) in [6.45, 7) is 1.78. The summed E-state index contributed by atoms with van der Waals surface area (Å²) in [4.78, 5) is 11.7. The van der Waals surface area contributed by atoms with Crippen LogP contribution in [0, 0.1) is 6.92 Å². The van der Waals surface area contributed by atoms with Crippen LogP contribution in [0.2, 0.25) is 0 Å². The molecule has 15 heavy (non-hydrogen) atoms. The molecule has 1 amide bonds. The molecule has 0 saturated carbocycles. The van der Waals surface area contributed by atoms with Gasteiger partial charge in [-0.15, -0.1) is 0 Å². The van der Waals surface area contributed by atoms with Crippen LogP contribution >= 0.6 is 0 Å². The van der Waals surface area contributed by atoms with Gasteiger partial charge >= 0.3 is 0 Å². The van der Waals surface area contributed by atoms with Crippen LogP contribution in [0.3, 0.4) is 0 Å². The average Bonchev–Trinajstić information content (AvgIpc) is 2.75. The quantitative estimate of drug-likeness (QED) is 0.794. The van der Waals surface area contributed by atoms with Gasteiger partial charge in [-0.05, 0) is 6.92 Å². The van der Waals surface area contributed by atoms with Crippen LogP contribution in [0.4, 0.5) is 5.82 Å². The van der Waals surface area contributed by atoms with Crippen molar-refractivity contribution >= 4 is 11.7 Å². The van der Waals surface area contributed by atoms with Gasteiger partial charge < -0.3 is 9.84 Å². The van der Waals surface area contributed by atoms with E-state index < -0.39 is 0 Å². The highest BCUT2D eigenvalue weighted by Gasteiger charge is 2.13. The number of hydrogen-bond acceptors (Lipinski definition) is 4. The maximum Gasteiger partial charge on any atom is 0.260 e. The molecular formula is C9H10N4O2. The second-order valence-corrected chi connectivity index (χ2v) is 3.14. The zero-order valence-electron chi connectivity index (χ0n) is 8.39. The predicted molar refractivity (Wildman–Crippen MR) is 52.4 cm³/mol. The molecule has 2 aromatic heterocycles. The lowest BCUT2D eigenvalue weighted by molar-refractivity contribution is 0.102. The fourth-order valence-electron chi connectivity index (χ4n) is 1.28. The summed E-state index contributed by atoms with van der Waals surface area (Å²) in [6.07, 6.45) is 3.05. The van der Waals surface area contributed by atoms with Gasteiger partial charge in [-0.2, -0.15) is 5.10 Å². The normalized spacial score (nSPS) is 10.3.